The van der Waals surface area contributed by atoms with Crippen molar-refractivity contribution in [3.8, 4) is 22.3 Å². The summed E-state index contributed by atoms with van der Waals surface area (Å²) in [7, 11) is 0. The molecular weight excluding hydrogens is 988 g/mol. The number of nitrogen functional groups attached to an aromatic ring is 1. The minimum atomic E-state index is -3.83. The molecule has 0 radical (unpaired) electrons. The van der Waals surface area contributed by atoms with Gasteiger partial charge in [0.1, 0.15) is 37.1 Å². The summed E-state index contributed by atoms with van der Waals surface area (Å²) in [5.41, 5.74) is 11.3. The number of rotatable bonds is 9. The number of halogens is 5. The molecule has 2 aliphatic carbocycles. The first-order chi connectivity index (χ1) is 34.0. The Bertz CT molecular complexity index is 2970. The topological polar surface area (TPSA) is 260 Å². The van der Waals surface area contributed by atoms with E-state index in [1.807, 2.05) is 72.8 Å². The van der Waals surface area contributed by atoms with Crippen molar-refractivity contribution in [2.75, 3.05) is 37.5 Å². The number of alkyl halides is 4. The average molecular weight is 1040 g/mol. The molecule has 2 fully saturated rings. The lowest BCUT2D eigenvalue weighted by atomic mass is 9.98. The molecule has 0 spiro atoms. The Kier molecular flexibility index (Phi) is 17.3. The number of hydrogen-bond acceptors (Lipinski definition) is 15. The lowest BCUT2D eigenvalue weighted by molar-refractivity contribution is -0.141. The highest BCUT2D eigenvalue weighted by molar-refractivity contribution is 6.61. The van der Waals surface area contributed by atoms with Gasteiger partial charge in [0.05, 0.1) is 13.2 Å². The predicted molar refractivity (Wildman–Crippen MR) is 258 cm³/mol. The highest BCUT2D eigenvalue weighted by Gasteiger charge is 2.60. The van der Waals surface area contributed by atoms with E-state index in [9.17, 15) is 47.0 Å². The predicted octanol–water partition coefficient (Wildman–Crippen LogP) is 6.65. The average Bonchev–Trinajstić information content (AvgIpc) is 4.00. The second kappa shape index (κ2) is 22.8. The van der Waals surface area contributed by atoms with Gasteiger partial charge in [-0.2, -0.15) is 27.5 Å². The van der Waals surface area contributed by atoms with Gasteiger partial charge in [-0.1, -0.05) is 112 Å². The molecule has 23 heteroatoms. The summed E-state index contributed by atoms with van der Waals surface area (Å²) in [5.74, 6) is -7.95. The number of carbonyl (C=O) groups excluding carboxylic acids is 2. The molecule has 6 atom stereocenters. The molecule has 0 unspecified atom stereocenters. The van der Waals surface area contributed by atoms with Crippen LogP contribution in [0.5, 0.6) is 0 Å². The number of hydrogen-bond donors (Lipinski definition) is 6. The Morgan fingerprint density at radius 3 is 1.36 bits per heavy atom. The van der Waals surface area contributed by atoms with E-state index in [4.69, 9.17) is 46.5 Å². The summed E-state index contributed by atoms with van der Waals surface area (Å²) < 4.78 is 77.1. The molecule has 0 bridgehead atoms. The number of aliphatic hydroxyl groups excluding tert-OH is 4. The molecule has 2 aromatic heterocycles. The maximum Gasteiger partial charge on any atom is 0.412 e. The van der Waals surface area contributed by atoms with E-state index in [1.54, 1.807) is 0 Å². The van der Waals surface area contributed by atoms with Crippen LogP contribution in [-0.2, 0) is 18.9 Å². The van der Waals surface area contributed by atoms with E-state index in [0.29, 0.717) is 9.13 Å². The summed E-state index contributed by atoms with van der Waals surface area (Å²) in [5, 5.41) is 39.2. The Morgan fingerprint density at radius 2 is 1.00 bits per heavy atom. The second-order valence-corrected chi connectivity index (χ2v) is 16.7. The van der Waals surface area contributed by atoms with Crippen molar-refractivity contribution in [3.63, 3.8) is 0 Å². The van der Waals surface area contributed by atoms with Gasteiger partial charge >= 0.3 is 34.7 Å². The number of amides is 1. The number of nitrogens with one attached hydrogen (secondary N) is 1. The summed E-state index contributed by atoms with van der Waals surface area (Å²) in [6.07, 6.45) is -10.6. The summed E-state index contributed by atoms with van der Waals surface area (Å²) >= 11 is 5.25. The zero-order valence-electron chi connectivity index (χ0n) is 36.8. The van der Waals surface area contributed by atoms with E-state index >= 15 is 0 Å². The Balaban J connectivity index is 0.000000193. The Labute approximate surface area is 419 Å². The molecule has 18 nitrogen and oxygen atoms in total. The van der Waals surface area contributed by atoms with Crippen LogP contribution in [0.2, 0.25) is 0 Å². The van der Waals surface area contributed by atoms with Crippen molar-refractivity contribution in [2.24, 2.45) is 0 Å². The fourth-order valence-electron chi connectivity index (χ4n) is 8.83. The van der Waals surface area contributed by atoms with Crippen molar-refractivity contribution in [1.82, 2.24) is 19.1 Å². The zero-order valence-corrected chi connectivity index (χ0v) is 37.6. The Morgan fingerprint density at radius 1 is 0.630 bits per heavy atom. The van der Waals surface area contributed by atoms with Crippen LogP contribution in [-0.4, -0.2) is 114 Å². The van der Waals surface area contributed by atoms with E-state index in [-0.39, 0.29) is 51.5 Å². The summed E-state index contributed by atoms with van der Waals surface area (Å²) in [4.78, 5) is 53.8. The van der Waals surface area contributed by atoms with E-state index in [0.717, 1.165) is 46.8 Å². The molecule has 4 aliphatic rings. The first-order valence-electron chi connectivity index (χ1n) is 21.7. The molecule has 4 heterocycles. The third kappa shape index (κ3) is 11.0. The maximum atomic E-state index is 14.3. The summed E-state index contributed by atoms with van der Waals surface area (Å²) in [6, 6.07) is 34.3. The van der Waals surface area contributed by atoms with Crippen LogP contribution < -0.4 is 22.4 Å². The van der Waals surface area contributed by atoms with Crippen LogP contribution in [0.25, 0.3) is 22.3 Å². The molecule has 7 N–H and O–H groups in total. The fraction of sp³-hybridized carbons (Fsp3) is 0.320. The largest absolute Gasteiger partial charge is 0.453 e. The molecule has 2 aliphatic heterocycles. The molecule has 10 rings (SSSR count). The van der Waals surface area contributed by atoms with Crippen LogP contribution in [0.3, 0.4) is 0 Å². The van der Waals surface area contributed by atoms with E-state index in [1.165, 1.54) is 22.3 Å². The maximum absolute atomic E-state index is 14.3. The number of nitrogens with zero attached hydrogens (tertiary/aromatic N) is 4. The van der Waals surface area contributed by atoms with Gasteiger partial charge in [-0.3, -0.25) is 14.5 Å². The van der Waals surface area contributed by atoms with Gasteiger partial charge < -0.3 is 45.1 Å². The minimum absolute atomic E-state index is 0. The fourth-order valence-corrected chi connectivity index (χ4v) is 8.89. The van der Waals surface area contributed by atoms with Gasteiger partial charge in [0.25, 0.3) is 0 Å². The third-order valence-corrected chi connectivity index (χ3v) is 12.3. The summed E-state index contributed by atoms with van der Waals surface area (Å²) in [6.45, 7) is -1.31. The van der Waals surface area contributed by atoms with Gasteiger partial charge in [0.2, 0.25) is 12.5 Å². The number of aromatic nitrogens is 4. The van der Waals surface area contributed by atoms with Gasteiger partial charge in [0, 0.05) is 35.8 Å². The van der Waals surface area contributed by atoms with Crippen LogP contribution in [0, 0.1) is 0 Å². The monoisotopic (exact) mass is 1040 g/mol. The smallest absolute Gasteiger partial charge is 0.412 e. The standard InChI is InChI=1S/C24H21F2N3O6.C15H11ClO2.C9H11F2N3O4.2CH4/c25-24(26)20(31)18(11-30)35-21(24)29-10-9-19(27-22(29)32)28-23(33)34-12-17-15-7-3-1-5-13(15)14-6-2-4-8-16(14)17;16-15(17)18-9-14-12-7-3-1-5-10(12)11-6-2-4-8-13(11)14;10-9(11)6(16)4(3-15)18-7(9)14-2-1-5(12)13-8(14)17;;/h1-10,17-18,20-21,30-31H,11-12H2,(H,27,28,32,33);1-8,14H,9H2;1-2,4,6-7,15-16H,3H2,(H2,12,13,17);2*1H4/t18-,20-,21-;;4-,6-,7-;;/m1.1../s1. The van der Waals surface area contributed by atoms with Gasteiger partial charge in [-0.15, -0.1) is 0 Å². The zero-order chi connectivity index (χ0) is 50.8. The number of fused-ring (bicyclic) bond motifs is 6. The highest BCUT2D eigenvalue weighted by Crippen LogP contribution is 2.47. The van der Waals surface area contributed by atoms with Crippen molar-refractivity contribution in [2.45, 2.75) is 75.4 Å². The van der Waals surface area contributed by atoms with Crippen LogP contribution in [0.15, 0.2) is 131 Å². The molecule has 6 aromatic rings. The van der Waals surface area contributed by atoms with Crippen LogP contribution >= 0.6 is 11.6 Å². The number of aliphatic hydroxyl groups is 4. The first kappa shape index (κ1) is 55.3. The van der Waals surface area contributed by atoms with Gasteiger partial charge in [0.15, 0.2) is 12.2 Å². The molecule has 73 heavy (non-hydrogen) atoms. The molecule has 4 aromatic carbocycles. The third-order valence-electron chi connectivity index (χ3n) is 12.2. The van der Waals surface area contributed by atoms with Crippen molar-refractivity contribution in [1.29, 1.82) is 0 Å². The first-order valence-corrected chi connectivity index (χ1v) is 22.0. The Hall–Kier alpha value is -7.05. The van der Waals surface area contributed by atoms with Crippen LogP contribution in [0.1, 0.15) is 61.4 Å². The molecule has 388 valence electrons. The molecular formula is C50H51ClF4N6O12. The van der Waals surface area contributed by atoms with Crippen molar-refractivity contribution < 1.29 is 66.5 Å². The normalized spacial score (nSPS) is 21.5. The highest BCUT2D eigenvalue weighted by atomic mass is 35.5. The number of ether oxygens (including phenoxy) is 4. The van der Waals surface area contributed by atoms with Crippen LogP contribution in [0.4, 0.5) is 38.8 Å². The number of anilines is 2. The van der Waals surface area contributed by atoms with E-state index in [2.05, 4.69) is 39.6 Å². The molecule has 2 saturated heterocycles. The molecule has 1 amide bonds. The van der Waals surface area contributed by atoms with Gasteiger partial charge in [-0.05, 0) is 56.6 Å². The second-order valence-electron chi connectivity index (χ2n) is 16.4. The van der Waals surface area contributed by atoms with Crippen molar-refractivity contribution in [3.05, 3.63) is 165 Å². The molecule has 0 saturated carbocycles. The van der Waals surface area contributed by atoms with Gasteiger partial charge in [-0.25, -0.2) is 19.2 Å². The van der Waals surface area contributed by atoms with E-state index < -0.39 is 84.8 Å². The number of carbonyl (C=O) groups is 2. The quantitative estimate of drug-likeness (QED) is 0.0655. The van der Waals surface area contributed by atoms with Crippen molar-refractivity contribution >= 4 is 34.8 Å². The number of benzene rings is 4. The SMILES string of the molecule is C.C.Nc1ccn([C@@H]2O[C@H](CO)[C@@H](O)C2(F)F)c(=O)n1.O=C(Cl)OCC1c2ccccc2-c2ccccc21.O=C(Nc1ccn([C@@H]2O[C@H](CO)[C@@H](O)C2(F)F)c(=O)n1)OCC1c2ccccc2-c2ccccc21. The number of nitrogens with two attached hydrogens (primary N) is 1. The lowest BCUT2D eigenvalue weighted by Crippen LogP contribution is -2.41. The lowest BCUT2D eigenvalue weighted by Gasteiger charge is -2.21. The minimum Gasteiger partial charge on any atom is -0.453 e.